The van der Waals surface area contributed by atoms with E-state index in [0.29, 0.717) is 11.8 Å². The lowest BCUT2D eigenvalue weighted by molar-refractivity contribution is -0.134. The molecule has 1 unspecified atom stereocenters. The maximum atomic E-state index is 12.5. The number of nitrogens with zero attached hydrogens (tertiary/aromatic N) is 1. The summed E-state index contributed by atoms with van der Waals surface area (Å²) in [5.74, 6) is 2.56. The Morgan fingerprint density at radius 3 is 2.43 bits per heavy atom. The van der Waals surface area contributed by atoms with Gasteiger partial charge in [-0.1, -0.05) is 46.0 Å². The zero-order chi connectivity index (χ0) is 15.1. The predicted octanol–water partition coefficient (Wildman–Crippen LogP) is 3.44. The third kappa shape index (κ3) is 5.28. The Morgan fingerprint density at radius 2 is 1.81 bits per heavy atom. The van der Waals surface area contributed by atoms with Gasteiger partial charge in [0.15, 0.2) is 0 Å². The van der Waals surface area contributed by atoms with Crippen molar-refractivity contribution < 1.29 is 4.79 Å². The Balaban J connectivity index is 1.69. The number of hydrogen-bond acceptors (Lipinski definition) is 2. The Bertz CT molecular complexity index is 304. The van der Waals surface area contributed by atoms with E-state index < -0.39 is 0 Å². The van der Waals surface area contributed by atoms with Gasteiger partial charge in [0.25, 0.3) is 0 Å². The first-order chi connectivity index (χ1) is 10.2. The average molecular weight is 294 g/mol. The molecule has 1 aliphatic carbocycles. The number of amides is 1. The fourth-order valence-electron chi connectivity index (χ4n) is 4.01. The van der Waals surface area contributed by atoms with Crippen LogP contribution in [0.25, 0.3) is 0 Å². The van der Waals surface area contributed by atoms with Gasteiger partial charge in [0.1, 0.15) is 0 Å². The summed E-state index contributed by atoms with van der Waals surface area (Å²) in [5.41, 5.74) is 0. The van der Waals surface area contributed by atoms with Gasteiger partial charge in [-0.2, -0.15) is 0 Å². The highest BCUT2D eigenvalue weighted by molar-refractivity contribution is 5.76. The van der Waals surface area contributed by atoms with Crippen LogP contribution in [0.1, 0.15) is 65.2 Å². The molecule has 0 aromatic heterocycles. The minimum atomic E-state index is 0.412. The molecule has 2 fully saturated rings. The van der Waals surface area contributed by atoms with Crippen LogP contribution in [0.15, 0.2) is 0 Å². The number of likely N-dealkylation sites (tertiary alicyclic amines) is 1. The number of carbonyl (C=O) groups excluding carboxylic acids is 1. The molecule has 1 amide bonds. The van der Waals surface area contributed by atoms with Crippen LogP contribution in [0.3, 0.4) is 0 Å². The minimum Gasteiger partial charge on any atom is -0.343 e. The molecule has 3 heteroatoms. The third-order valence-corrected chi connectivity index (χ3v) is 5.60. The summed E-state index contributed by atoms with van der Waals surface area (Å²) >= 11 is 0. The van der Waals surface area contributed by atoms with Gasteiger partial charge in [0, 0.05) is 19.5 Å². The molecular formula is C18H34N2O. The molecule has 1 saturated carbocycles. The molecule has 2 rings (SSSR count). The number of hydrogen-bond donors (Lipinski definition) is 1. The van der Waals surface area contributed by atoms with E-state index in [2.05, 4.69) is 24.1 Å². The van der Waals surface area contributed by atoms with Crippen molar-refractivity contribution in [3.05, 3.63) is 0 Å². The van der Waals surface area contributed by atoms with E-state index in [0.717, 1.165) is 44.4 Å². The standard InChI is InChI=1S/C18H34N2O/c1-3-19-14-16-9-11-20(12-10-16)18(21)13-15(2)17-7-5-4-6-8-17/h15-17,19H,3-14H2,1-2H3. The minimum absolute atomic E-state index is 0.412. The largest absolute Gasteiger partial charge is 0.343 e. The van der Waals surface area contributed by atoms with E-state index in [-0.39, 0.29) is 0 Å². The van der Waals surface area contributed by atoms with Crippen molar-refractivity contribution in [2.24, 2.45) is 17.8 Å². The number of rotatable bonds is 6. The first-order valence-corrected chi connectivity index (χ1v) is 9.19. The number of piperidine rings is 1. The molecule has 0 spiro atoms. The first kappa shape index (κ1) is 16.8. The molecule has 0 aromatic rings. The van der Waals surface area contributed by atoms with Crippen molar-refractivity contribution in [1.82, 2.24) is 10.2 Å². The van der Waals surface area contributed by atoms with Crippen LogP contribution in [0, 0.1) is 17.8 Å². The Hall–Kier alpha value is -0.570. The van der Waals surface area contributed by atoms with Crippen molar-refractivity contribution in [2.75, 3.05) is 26.2 Å². The van der Waals surface area contributed by atoms with Gasteiger partial charge in [-0.3, -0.25) is 4.79 Å². The first-order valence-electron chi connectivity index (χ1n) is 9.19. The highest BCUT2D eigenvalue weighted by Gasteiger charge is 2.26. The van der Waals surface area contributed by atoms with Crippen LogP contribution in [-0.4, -0.2) is 37.0 Å². The molecule has 1 N–H and O–H groups in total. The molecule has 3 nitrogen and oxygen atoms in total. The molecule has 0 radical (unpaired) electrons. The molecule has 1 atom stereocenters. The summed E-state index contributed by atoms with van der Waals surface area (Å²) in [6.45, 7) is 8.59. The van der Waals surface area contributed by atoms with Gasteiger partial charge in [0.05, 0.1) is 0 Å². The zero-order valence-corrected chi connectivity index (χ0v) is 14.1. The Kier molecular flexibility index (Phi) is 7.01. The molecular weight excluding hydrogens is 260 g/mol. The molecule has 1 saturated heterocycles. The van der Waals surface area contributed by atoms with E-state index in [9.17, 15) is 4.79 Å². The van der Waals surface area contributed by atoms with Crippen LogP contribution in [-0.2, 0) is 4.79 Å². The summed E-state index contributed by atoms with van der Waals surface area (Å²) in [6.07, 6.45) is 9.97. The Morgan fingerprint density at radius 1 is 1.14 bits per heavy atom. The van der Waals surface area contributed by atoms with Crippen molar-refractivity contribution in [1.29, 1.82) is 0 Å². The third-order valence-electron chi connectivity index (χ3n) is 5.60. The maximum absolute atomic E-state index is 12.5. The lowest BCUT2D eigenvalue weighted by Gasteiger charge is -2.34. The second-order valence-electron chi connectivity index (χ2n) is 7.21. The predicted molar refractivity (Wildman–Crippen MR) is 88.2 cm³/mol. The molecule has 1 heterocycles. The van der Waals surface area contributed by atoms with Crippen LogP contribution < -0.4 is 5.32 Å². The lowest BCUT2D eigenvalue weighted by atomic mass is 9.79. The lowest BCUT2D eigenvalue weighted by Crippen LogP contribution is -2.41. The van der Waals surface area contributed by atoms with Gasteiger partial charge in [0.2, 0.25) is 5.91 Å². The van der Waals surface area contributed by atoms with Gasteiger partial charge in [-0.25, -0.2) is 0 Å². The molecule has 122 valence electrons. The van der Waals surface area contributed by atoms with Crippen LogP contribution in [0.4, 0.5) is 0 Å². The average Bonchev–Trinajstić information content (AvgIpc) is 2.54. The van der Waals surface area contributed by atoms with Gasteiger partial charge >= 0.3 is 0 Å². The summed E-state index contributed by atoms with van der Waals surface area (Å²) in [6, 6.07) is 0. The van der Waals surface area contributed by atoms with Crippen molar-refractivity contribution >= 4 is 5.91 Å². The molecule has 21 heavy (non-hydrogen) atoms. The van der Waals surface area contributed by atoms with E-state index in [1.807, 2.05) is 0 Å². The summed E-state index contributed by atoms with van der Waals surface area (Å²) in [4.78, 5) is 14.6. The summed E-state index contributed by atoms with van der Waals surface area (Å²) in [5, 5.41) is 3.43. The topological polar surface area (TPSA) is 32.3 Å². The van der Waals surface area contributed by atoms with E-state index in [1.165, 1.54) is 44.9 Å². The zero-order valence-electron chi connectivity index (χ0n) is 14.1. The maximum Gasteiger partial charge on any atom is 0.222 e. The second kappa shape index (κ2) is 8.77. The molecule has 0 aromatic carbocycles. The smallest absolute Gasteiger partial charge is 0.222 e. The second-order valence-corrected chi connectivity index (χ2v) is 7.21. The molecule has 1 aliphatic heterocycles. The fraction of sp³-hybridized carbons (Fsp3) is 0.944. The van der Waals surface area contributed by atoms with Gasteiger partial charge < -0.3 is 10.2 Å². The van der Waals surface area contributed by atoms with Crippen LogP contribution >= 0.6 is 0 Å². The van der Waals surface area contributed by atoms with E-state index >= 15 is 0 Å². The van der Waals surface area contributed by atoms with Crippen molar-refractivity contribution in [3.8, 4) is 0 Å². The van der Waals surface area contributed by atoms with E-state index in [1.54, 1.807) is 0 Å². The monoisotopic (exact) mass is 294 g/mol. The van der Waals surface area contributed by atoms with Gasteiger partial charge in [-0.05, 0) is 43.7 Å². The summed E-state index contributed by atoms with van der Waals surface area (Å²) < 4.78 is 0. The fourth-order valence-corrected chi connectivity index (χ4v) is 4.01. The van der Waals surface area contributed by atoms with Crippen LogP contribution in [0.5, 0.6) is 0 Å². The normalized spacial score (nSPS) is 23.2. The highest BCUT2D eigenvalue weighted by atomic mass is 16.2. The number of carbonyl (C=O) groups is 1. The quantitative estimate of drug-likeness (QED) is 0.814. The SMILES string of the molecule is CCNCC1CCN(C(=O)CC(C)C2CCCCC2)CC1. The highest BCUT2D eigenvalue weighted by Crippen LogP contribution is 2.32. The molecule has 0 bridgehead atoms. The van der Waals surface area contributed by atoms with Crippen LogP contribution in [0.2, 0.25) is 0 Å². The van der Waals surface area contributed by atoms with E-state index in [4.69, 9.17) is 0 Å². The summed E-state index contributed by atoms with van der Waals surface area (Å²) in [7, 11) is 0. The Labute approximate surface area is 130 Å². The molecule has 2 aliphatic rings. The number of nitrogens with one attached hydrogen (secondary N) is 1. The van der Waals surface area contributed by atoms with Gasteiger partial charge in [-0.15, -0.1) is 0 Å². The van der Waals surface area contributed by atoms with Crippen molar-refractivity contribution in [2.45, 2.75) is 65.2 Å². The van der Waals surface area contributed by atoms with Crippen molar-refractivity contribution in [3.63, 3.8) is 0 Å².